The van der Waals surface area contributed by atoms with Crippen molar-refractivity contribution in [3.8, 4) is 0 Å². The maximum absolute atomic E-state index is 13.9. The van der Waals surface area contributed by atoms with Gasteiger partial charge < -0.3 is 20.8 Å². The first-order valence-corrected chi connectivity index (χ1v) is 18.9. The Balaban J connectivity index is 1.54. The summed E-state index contributed by atoms with van der Waals surface area (Å²) >= 11 is 6.09. The molecule has 2 aliphatic carbocycles. The van der Waals surface area contributed by atoms with E-state index in [-0.39, 0.29) is 28.2 Å². The van der Waals surface area contributed by atoms with Crippen molar-refractivity contribution >= 4 is 33.3 Å². The molecule has 2 aromatic rings. The molecule has 254 valence electrons. The van der Waals surface area contributed by atoms with E-state index in [1.54, 1.807) is 12.1 Å². The highest BCUT2D eigenvalue weighted by molar-refractivity contribution is 7.91. The minimum absolute atomic E-state index is 0.0395. The van der Waals surface area contributed by atoms with E-state index in [0.717, 1.165) is 44.1 Å². The van der Waals surface area contributed by atoms with Gasteiger partial charge in [0.15, 0.2) is 9.84 Å². The van der Waals surface area contributed by atoms with E-state index in [9.17, 15) is 28.2 Å². The molecule has 46 heavy (non-hydrogen) atoms. The van der Waals surface area contributed by atoms with Crippen LogP contribution in [0.15, 0.2) is 59.5 Å². The first-order chi connectivity index (χ1) is 21.9. The van der Waals surface area contributed by atoms with Crippen LogP contribution < -0.4 is 10.6 Å². The van der Waals surface area contributed by atoms with Crippen molar-refractivity contribution in [2.45, 2.75) is 114 Å². The SMILES string of the molecule is CC(C)C[C@H](O)[C@H](O)[C@H](CC1CCCCC1)NC(=O)[C@H](CC1CC1)NC(=O)[C@H](Cc1ccccc1)CS(=O)(=O)c1cccc(Cl)c1. The molecule has 0 saturated heterocycles. The van der Waals surface area contributed by atoms with E-state index < -0.39 is 57.6 Å². The number of aliphatic hydroxyl groups excluding tert-OH is 2. The van der Waals surface area contributed by atoms with E-state index in [4.69, 9.17) is 11.6 Å². The smallest absolute Gasteiger partial charge is 0.242 e. The number of hydrogen-bond acceptors (Lipinski definition) is 6. The average Bonchev–Trinajstić information content (AvgIpc) is 3.84. The lowest BCUT2D eigenvalue weighted by atomic mass is 9.82. The summed E-state index contributed by atoms with van der Waals surface area (Å²) in [6.07, 6.45) is 6.78. The summed E-state index contributed by atoms with van der Waals surface area (Å²) in [6.45, 7) is 3.95. The van der Waals surface area contributed by atoms with Gasteiger partial charge in [-0.05, 0) is 67.2 Å². The summed E-state index contributed by atoms with van der Waals surface area (Å²) in [5, 5.41) is 28.3. The maximum atomic E-state index is 13.9. The predicted octanol–water partition coefficient (Wildman–Crippen LogP) is 5.48. The topological polar surface area (TPSA) is 133 Å². The summed E-state index contributed by atoms with van der Waals surface area (Å²) in [5.74, 6) is -1.54. The van der Waals surface area contributed by atoms with E-state index in [1.807, 2.05) is 44.2 Å². The van der Waals surface area contributed by atoms with Crippen molar-refractivity contribution in [2.75, 3.05) is 5.75 Å². The zero-order valence-corrected chi connectivity index (χ0v) is 28.7. The normalized spacial score (nSPS) is 19.2. The van der Waals surface area contributed by atoms with Gasteiger partial charge in [-0.25, -0.2) is 8.42 Å². The molecule has 2 fully saturated rings. The Kier molecular flexibility index (Phi) is 13.5. The third kappa shape index (κ3) is 11.4. The number of rotatable bonds is 17. The van der Waals surface area contributed by atoms with Gasteiger partial charge >= 0.3 is 0 Å². The van der Waals surface area contributed by atoms with Crippen LogP contribution in [0.25, 0.3) is 0 Å². The third-order valence-electron chi connectivity index (χ3n) is 9.33. The number of halogens is 1. The molecule has 0 heterocycles. The number of sulfone groups is 1. The van der Waals surface area contributed by atoms with Crippen molar-refractivity contribution in [3.05, 3.63) is 65.2 Å². The third-order valence-corrected chi connectivity index (χ3v) is 11.4. The first-order valence-electron chi connectivity index (χ1n) is 16.9. The van der Waals surface area contributed by atoms with E-state index >= 15 is 0 Å². The Morgan fingerprint density at radius 3 is 2.17 bits per heavy atom. The van der Waals surface area contributed by atoms with Crippen LogP contribution >= 0.6 is 11.6 Å². The molecule has 0 spiro atoms. The second-order valence-corrected chi connectivity index (χ2v) is 16.4. The fourth-order valence-electron chi connectivity index (χ4n) is 6.60. The van der Waals surface area contributed by atoms with Crippen LogP contribution in [0.1, 0.15) is 83.6 Å². The summed E-state index contributed by atoms with van der Waals surface area (Å²) < 4.78 is 27.0. The molecule has 8 nitrogen and oxygen atoms in total. The van der Waals surface area contributed by atoms with Gasteiger partial charge in [-0.1, -0.05) is 107 Å². The molecule has 10 heteroatoms. The van der Waals surface area contributed by atoms with Crippen molar-refractivity contribution < 1.29 is 28.2 Å². The van der Waals surface area contributed by atoms with Gasteiger partial charge in [0.25, 0.3) is 0 Å². The Labute approximate surface area is 279 Å². The van der Waals surface area contributed by atoms with Crippen LogP contribution in [0.4, 0.5) is 0 Å². The van der Waals surface area contributed by atoms with Gasteiger partial charge in [0.2, 0.25) is 11.8 Å². The van der Waals surface area contributed by atoms with Gasteiger partial charge in [0, 0.05) is 5.02 Å². The molecule has 4 rings (SSSR count). The van der Waals surface area contributed by atoms with E-state index in [0.29, 0.717) is 25.2 Å². The van der Waals surface area contributed by atoms with Crippen LogP contribution in [-0.4, -0.2) is 60.5 Å². The first kappa shape index (κ1) is 36.4. The van der Waals surface area contributed by atoms with Crippen LogP contribution in [0.2, 0.25) is 5.02 Å². The zero-order chi connectivity index (χ0) is 33.3. The largest absolute Gasteiger partial charge is 0.390 e. The highest BCUT2D eigenvalue weighted by atomic mass is 35.5. The number of nitrogens with one attached hydrogen (secondary N) is 2. The number of amides is 2. The molecule has 0 aromatic heterocycles. The quantitative estimate of drug-likeness (QED) is 0.176. The zero-order valence-electron chi connectivity index (χ0n) is 27.1. The Morgan fingerprint density at radius 2 is 1.54 bits per heavy atom. The monoisotopic (exact) mass is 674 g/mol. The molecule has 0 unspecified atom stereocenters. The molecule has 0 aliphatic heterocycles. The van der Waals surface area contributed by atoms with Crippen molar-refractivity contribution in [2.24, 2.45) is 23.7 Å². The molecule has 0 bridgehead atoms. The fourth-order valence-corrected chi connectivity index (χ4v) is 8.43. The Hall–Kier alpha value is -2.46. The average molecular weight is 675 g/mol. The van der Waals surface area contributed by atoms with E-state index in [2.05, 4.69) is 10.6 Å². The number of carbonyl (C=O) groups excluding carboxylic acids is 2. The summed E-state index contributed by atoms with van der Waals surface area (Å²) in [5.41, 5.74) is 0.807. The lowest BCUT2D eigenvalue weighted by Crippen LogP contribution is -2.56. The minimum Gasteiger partial charge on any atom is -0.390 e. The molecule has 0 radical (unpaired) electrons. The Morgan fingerprint density at radius 1 is 0.870 bits per heavy atom. The molecular weight excluding hydrogens is 624 g/mol. The molecule has 4 N–H and O–H groups in total. The van der Waals surface area contributed by atoms with Crippen LogP contribution in [-0.2, 0) is 25.8 Å². The summed E-state index contributed by atoms with van der Waals surface area (Å²) in [7, 11) is -3.89. The lowest BCUT2D eigenvalue weighted by molar-refractivity contribution is -0.132. The predicted molar refractivity (Wildman–Crippen MR) is 181 cm³/mol. The molecule has 2 saturated carbocycles. The maximum Gasteiger partial charge on any atom is 0.242 e. The summed E-state index contributed by atoms with van der Waals surface area (Å²) in [4.78, 5) is 27.9. The van der Waals surface area contributed by atoms with Gasteiger partial charge in [-0.3, -0.25) is 9.59 Å². The number of carbonyl (C=O) groups is 2. The van der Waals surface area contributed by atoms with Crippen LogP contribution in [0.5, 0.6) is 0 Å². The number of hydrogen-bond donors (Lipinski definition) is 4. The lowest BCUT2D eigenvalue weighted by Gasteiger charge is -2.34. The minimum atomic E-state index is -3.89. The highest BCUT2D eigenvalue weighted by Crippen LogP contribution is 2.34. The number of benzene rings is 2. The van der Waals surface area contributed by atoms with Gasteiger partial charge in [0.05, 0.1) is 28.7 Å². The fraction of sp³-hybridized carbons (Fsp3) is 0.611. The van der Waals surface area contributed by atoms with Gasteiger partial charge in [-0.15, -0.1) is 0 Å². The van der Waals surface area contributed by atoms with Crippen molar-refractivity contribution in [1.82, 2.24) is 10.6 Å². The van der Waals surface area contributed by atoms with Crippen molar-refractivity contribution in [1.29, 1.82) is 0 Å². The standard InChI is InChI=1S/C36H51ClN2O6S/c1-24(2)18-33(40)34(41)31(20-26-12-7-4-8-13-26)38-36(43)32(21-27-16-17-27)39-35(42)28(19-25-10-5-3-6-11-25)23-46(44,45)30-15-9-14-29(37)22-30/h3,5-6,9-11,14-15,22,24,26-28,31-34,40-41H,4,7-8,12-13,16-21,23H2,1-2H3,(H,38,43)(H,39,42)/t28-,31+,32+,33+,34-/m1/s1. The molecule has 2 amide bonds. The highest BCUT2D eigenvalue weighted by Gasteiger charge is 2.37. The molecule has 2 aromatic carbocycles. The second-order valence-electron chi connectivity index (χ2n) is 13.9. The number of aliphatic hydroxyl groups is 2. The van der Waals surface area contributed by atoms with E-state index in [1.165, 1.54) is 18.6 Å². The van der Waals surface area contributed by atoms with Crippen molar-refractivity contribution in [3.63, 3.8) is 0 Å². The van der Waals surface area contributed by atoms with Gasteiger partial charge in [0.1, 0.15) is 12.1 Å². The molecular formula is C36H51ClN2O6S. The Bertz CT molecular complexity index is 1380. The van der Waals surface area contributed by atoms with Crippen LogP contribution in [0, 0.1) is 23.7 Å². The second kappa shape index (κ2) is 17.1. The molecule has 5 atom stereocenters. The van der Waals surface area contributed by atoms with Crippen LogP contribution in [0.3, 0.4) is 0 Å². The molecule has 2 aliphatic rings. The summed E-state index contributed by atoms with van der Waals surface area (Å²) in [6, 6.07) is 13.7. The van der Waals surface area contributed by atoms with Gasteiger partial charge in [-0.2, -0.15) is 0 Å².